The molecule has 1 aliphatic rings. The minimum Gasteiger partial charge on any atom is -0.508 e. The van der Waals surface area contributed by atoms with Gasteiger partial charge in [0.1, 0.15) is 5.75 Å². The fraction of sp³-hybridized carbons (Fsp3) is 0.625. The summed E-state index contributed by atoms with van der Waals surface area (Å²) >= 11 is 2.46. The van der Waals surface area contributed by atoms with Crippen LogP contribution in [-0.2, 0) is 12.8 Å². The Bertz CT molecular complexity index is 408. The summed E-state index contributed by atoms with van der Waals surface area (Å²) in [6.07, 6.45) is 6.03. The van der Waals surface area contributed by atoms with Crippen LogP contribution in [0.4, 0.5) is 0 Å². The third-order valence-corrected chi connectivity index (χ3v) is 4.76. The zero-order chi connectivity index (χ0) is 13.7. The van der Waals surface area contributed by atoms with Crippen molar-refractivity contribution in [1.82, 2.24) is 4.90 Å². The standard InChI is InChI=1S/C16H24INO/c1-2-9-18(10-3-8-17)15-6-4-13-5-7-16(19)12-14(13)11-15/h5,7,12,15,19H,2-4,6,8-11H2,1H3. The van der Waals surface area contributed by atoms with Gasteiger partial charge in [0.15, 0.2) is 0 Å². The first kappa shape index (κ1) is 15.1. The van der Waals surface area contributed by atoms with E-state index in [2.05, 4.69) is 40.5 Å². The molecule has 0 spiro atoms. The molecule has 2 rings (SSSR count). The lowest BCUT2D eigenvalue weighted by molar-refractivity contribution is 0.180. The van der Waals surface area contributed by atoms with E-state index in [1.54, 1.807) is 0 Å². The Balaban J connectivity index is 2.05. The van der Waals surface area contributed by atoms with Crippen molar-refractivity contribution in [1.29, 1.82) is 0 Å². The number of rotatable bonds is 6. The van der Waals surface area contributed by atoms with Gasteiger partial charge in [0.2, 0.25) is 0 Å². The third kappa shape index (κ3) is 4.09. The van der Waals surface area contributed by atoms with Crippen LogP contribution in [0, 0.1) is 0 Å². The van der Waals surface area contributed by atoms with Crippen LogP contribution in [0.3, 0.4) is 0 Å². The van der Waals surface area contributed by atoms with Gasteiger partial charge < -0.3 is 10.0 Å². The molecule has 0 aromatic heterocycles. The minimum atomic E-state index is 0.411. The van der Waals surface area contributed by atoms with E-state index in [1.165, 1.54) is 47.9 Å². The number of aryl methyl sites for hydroxylation is 1. The van der Waals surface area contributed by atoms with E-state index in [4.69, 9.17) is 0 Å². The lowest BCUT2D eigenvalue weighted by atomic mass is 9.87. The molecule has 0 bridgehead atoms. The average molecular weight is 373 g/mol. The topological polar surface area (TPSA) is 23.5 Å². The number of nitrogens with zero attached hydrogens (tertiary/aromatic N) is 1. The number of benzene rings is 1. The van der Waals surface area contributed by atoms with Gasteiger partial charge in [-0.25, -0.2) is 0 Å². The molecule has 1 atom stereocenters. The first-order chi connectivity index (χ1) is 9.24. The molecule has 0 radical (unpaired) electrons. The van der Waals surface area contributed by atoms with E-state index in [0.717, 1.165) is 12.8 Å². The number of alkyl halides is 1. The number of hydrogen-bond donors (Lipinski definition) is 1. The second-order valence-corrected chi connectivity index (χ2v) is 6.51. The number of phenols is 1. The Hall–Kier alpha value is -0.290. The van der Waals surface area contributed by atoms with Crippen molar-refractivity contribution in [2.24, 2.45) is 0 Å². The summed E-state index contributed by atoms with van der Waals surface area (Å²) < 4.78 is 1.24. The molecule has 0 aliphatic heterocycles. The smallest absolute Gasteiger partial charge is 0.115 e. The SMILES string of the molecule is CCCN(CCCI)C1CCc2ccc(O)cc2C1. The normalized spacial score (nSPS) is 18.6. The molecule has 1 N–H and O–H groups in total. The average Bonchev–Trinajstić information content (AvgIpc) is 2.42. The summed E-state index contributed by atoms with van der Waals surface area (Å²) in [5.41, 5.74) is 2.78. The highest BCUT2D eigenvalue weighted by molar-refractivity contribution is 14.1. The largest absolute Gasteiger partial charge is 0.508 e. The molecule has 1 aromatic carbocycles. The Kier molecular flexibility index (Phi) is 5.95. The van der Waals surface area contributed by atoms with E-state index < -0.39 is 0 Å². The maximum absolute atomic E-state index is 9.64. The van der Waals surface area contributed by atoms with Crippen molar-refractivity contribution in [3.8, 4) is 5.75 Å². The lowest BCUT2D eigenvalue weighted by Crippen LogP contribution is -2.40. The fourth-order valence-electron chi connectivity index (χ4n) is 3.06. The van der Waals surface area contributed by atoms with Crippen LogP contribution in [0.2, 0.25) is 0 Å². The van der Waals surface area contributed by atoms with Crippen molar-refractivity contribution < 1.29 is 5.11 Å². The van der Waals surface area contributed by atoms with Crippen LogP contribution < -0.4 is 0 Å². The van der Waals surface area contributed by atoms with Crippen molar-refractivity contribution in [2.75, 3.05) is 17.5 Å². The van der Waals surface area contributed by atoms with Crippen LogP contribution in [0.25, 0.3) is 0 Å². The molecule has 19 heavy (non-hydrogen) atoms. The van der Waals surface area contributed by atoms with E-state index in [1.807, 2.05) is 12.1 Å². The highest BCUT2D eigenvalue weighted by Gasteiger charge is 2.23. The van der Waals surface area contributed by atoms with Crippen LogP contribution in [0.15, 0.2) is 18.2 Å². The molecule has 2 nitrogen and oxygen atoms in total. The first-order valence-corrected chi connectivity index (χ1v) is 8.88. The molecule has 106 valence electrons. The summed E-state index contributed by atoms with van der Waals surface area (Å²) in [4.78, 5) is 2.66. The molecular weight excluding hydrogens is 349 g/mol. The summed E-state index contributed by atoms with van der Waals surface area (Å²) in [7, 11) is 0. The molecule has 1 aliphatic carbocycles. The quantitative estimate of drug-likeness (QED) is 0.606. The number of phenolic OH excluding ortho intramolecular Hbond substituents is 1. The second-order valence-electron chi connectivity index (χ2n) is 5.43. The number of hydrogen-bond acceptors (Lipinski definition) is 2. The predicted octanol–water partition coefficient (Wildman–Crippen LogP) is 3.79. The van der Waals surface area contributed by atoms with Crippen molar-refractivity contribution >= 4 is 22.6 Å². The van der Waals surface area contributed by atoms with Gasteiger partial charge in [-0.15, -0.1) is 0 Å². The maximum atomic E-state index is 9.64. The molecule has 1 aromatic rings. The van der Waals surface area contributed by atoms with Gasteiger partial charge in [-0.1, -0.05) is 35.6 Å². The van der Waals surface area contributed by atoms with Gasteiger partial charge in [-0.2, -0.15) is 0 Å². The van der Waals surface area contributed by atoms with Crippen molar-refractivity contribution in [3.63, 3.8) is 0 Å². The fourth-order valence-corrected chi connectivity index (χ4v) is 3.40. The molecule has 0 saturated heterocycles. The van der Waals surface area contributed by atoms with E-state index >= 15 is 0 Å². The van der Waals surface area contributed by atoms with Crippen LogP contribution in [0.5, 0.6) is 5.75 Å². The van der Waals surface area contributed by atoms with Gasteiger partial charge in [0.05, 0.1) is 0 Å². The summed E-state index contributed by atoms with van der Waals surface area (Å²) in [5, 5.41) is 9.64. The molecule has 0 amide bonds. The molecule has 0 saturated carbocycles. The summed E-state index contributed by atoms with van der Waals surface area (Å²) in [5.74, 6) is 0.411. The zero-order valence-electron chi connectivity index (χ0n) is 11.7. The van der Waals surface area contributed by atoms with Crippen LogP contribution in [-0.4, -0.2) is 33.6 Å². The van der Waals surface area contributed by atoms with Gasteiger partial charge in [0.25, 0.3) is 0 Å². The van der Waals surface area contributed by atoms with E-state index in [0.29, 0.717) is 11.8 Å². The summed E-state index contributed by atoms with van der Waals surface area (Å²) in [6, 6.07) is 6.54. The van der Waals surface area contributed by atoms with Gasteiger partial charge in [-0.3, -0.25) is 0 Å². The predicted molar refractivity (Wildman–Crippen MR) is 89.3 cm³/mol. The molecule has 1 unspecified atom stereocenters. The Morgan fingerprint density at radius 2 is 2.16 bits per heavy atom. The monoisotopic (exact) mass is 373 g/mol. The van der Waals surface area contributed by atoms with Crippen LogP contribution >= 0.6 is 22.6 Å². The maximum Gasteiger partial charge on any atom is 0.115 e. The first-order valence-electron chi connectivity index (χ1n) is 7.35. The number of halogens is 1. The van der Waals surface area contributed by atoms with Crippen molar-refractivity contribution in [3.05, 3.63) is 29.3 Å². The van der Waals surface area contributed by atoms with Crippen LogP contribution in [0.1, 0.15) is 37.3 Å². The molecule has 3 heteroatoms. The Morgan fingerprint density at radius 3 is 2.89 bits per heavy atom. The minimum absolute atomic E-state index is 0.411. The molecule has 0 heterocycles. The lowest BCUT2D eigenvalue weighted by Gasteiger charge is -2.35. The Morgan fingerprint density at radius 1 is 1.32 bits per heavy atom. The number of aromatic hydroxyl groups is 1. The highest BCUT2D eigenvalue weighted by atomic mass is 127. The number of fused-ring (bicyclic) bond motifs is 1. The van der Waals surface area contributed by atoms with E-state index in [9.17, 15) is 5.11 Å². The van der Waals surface area contributed by atoms with Gasteiger partial charge in [0, 0.05) is 10.5 Å². The highest BCUT2D eigenvalue weighted by Crippen LogP contribution is 2.27. The van der Waals surface area contributed by atoms with Gasteiger partial charge >= 0.3 is 0 Å². The second kappa shape index (κ2) is 7.48. The van der Waals surface area contributed by atoms with Gasteiger partial charge in [-0.05, 0) is 68.5 Å². The van der Waals surface area contributed by atoms with E-state index in [-0.39, 0.29) is 0 Å². The molecule has 0 fully saturated rings. The van der Waals surface area contributed by atoms with Crippen molar-refractivity contribution in [2.45, 2.75) is 45.1 Å². The molecular formula is C16H24INO. The summed E-state index contributed by atoms with van der Waals surface area (Å²) in [6.45, 7) is 4.69. The Labute approximate surface area is 130 Å². The zero-order valence-corrected chi connectivity index (χ0v) is 13.9. The third-order valence-electron chi connectivity index (χ3n) is 4.00.